The number of aromatic amines is 2. The Morgan fingerprint density at radius 3 is 2.87 bits per heavy atom. The van der Waals surface area contributed by atoms with Gasteiger partial charge in [-0.05, 0) is 0 Å². The molecule has 1 fully saturated rings. The molecule has 0 saturated carbocycles. The van der Waals surface area contributed by atoms with Crippen molar-refractivity contribution in [2.24, 2.45) is 0 Å². The molecule has 84 valence electrons. The van der Waals surface area contributed by atoms with Gasteiger partial charge in [-0.15, -0.1) is 0 Å². The number of nitrogens with zero attached hydrogens (tertiary/aromatic N) is 1. The Bertz CT molecular complexity index is 488. The summed E-state index contributed by atoms with van der Waals surface area (Å²) in [7, 11) is -2.94. The van der Waals surface area contributed by atoms with Crippen LogP contribution in [0.25, 0.3) is 0 Å². The molecule has 2 rings (SSSR count). The first kappa shape index (κ1) is 10.4. The number of aromatic nitrogens is 3. The van der Waals surface area contributed by atoms with E-state index in [1.807, 2.05) is 0 Å². The van der Waals surface area contributed by atoms with E-state index in [4.69, 9.17) is 0 Å². The van der Waals surface area contributed by atoms with Crippen LogP contribution in [0.1, 0.15) is 5.82 Å². The Morgan fingerprint density at radius 1 is 1.47 bits per heavy atom. The van der Waals surface area contributed by atoms with E-state index in [0.717, 1.165) is 0 Å². The van der Waals surface area contributed by atoms with Crippen molar-refractivity contribution in [3.63, 3.8) is 0 Å². The van der Waals surface area contributed by atoms with Gasteiger partial charge in [0.2, 0.25) is 0 Å². The Labute approximate surface area is 86.2 Å². The van der Waals surface area contributed by atoms with Gasteiger partial charge in [-0.1, -0.05) is 0 Å². The number of H-pyrrole nitrogens is 2. The fourth-order valence-corrected chi connectivity index (χ4v) is 3.08. The lowest BCUT2D eigenvalue weighted by atomic mass is 10.2. The smallest absolute Gasteiger partial charge is 0.312 e. The maximum atomic E-state index is 11.3. The molecule has 1 aromatic rings. The van der Waals surface area contributed by atoms with Crippen LogP contribution < -0.4 is 11.0 Å². The van der Waals surface area contributed by atoms with Crippen LogP contribution in [0.5, 0.6) is 0 Å². The summed E-state index contributed by atoms with van der Waals surface area (Å²) in [4.78, 5) is 13.2. The van der Waals surface area contributed by atoms with E-state index >= 15 is 0 Å². The van der Waals surface area contributed by atoms with Gasteiger partial charge in [0.25, 0.3) is 0 Å². The summed E-state index contributed by atoms with van der Waals surface area (Å²) in [5, 5.41) is 9.05. The van der Waals surface area contributed by atoms with E-state index in [9.17, 15) is 13.2 Å². The average Bonchev–Trinajstić information content (AvgIpc) is 2.49. The zero-order valence-electron chi connectivity index (χ0n) is 7.99. The summed E-state index contributed by atoms with van der Waals surface area (Å²) in [5.74, 6) is 0.761. The zero-order valence-corrected chi connectivity index (χ0v) is 8.80. The van der Waals surface area contributed by atoms with Gasteiger partial charge in [0.1, 0.15) is 5.82 Å². The van der Waals surface area contributed by atoms with Crippen molar-refractivity contribution in [2.45, 2.75) is 12.5 Å². The van der Waals surface area contributed by atoms with Crippen LogP contribution in [0.4, 0.5) is 0 Å². The first-order valence-corrected chi connectivity index (χ1v) is 6.45. The molecule has 0 radical (unpaired) electrons. The maximum Gasteiger partial charge on any atom is 0.340 e. The molecular weight excluding hydrogens is 220 g/mol. The lowest BCUT2D eigenvalue weighted by Gasteiger charge is -2.22. The maximum absolute atomic E-state index is 11.3. The summed E-state index contributed by atoms with van der Waals surface area (Å²) < 4.78 is 22.6. The molecule has 1 aliphatic rings. The quantitative estimate of drug-likeness (QED) is 0.548. The third kappa shape index (κ3) is 2.66. The van der Waals surface area contributed by atoms with Crippen molar-refractivity contribution in [2.75, 3.05) is 18.1 Å². The van der Waals surface area contributed by atoms with Crippen LogP contribution in [-0.2, 0) is 16.3 Å². The third-order valence-electron chi connectivity index (χ3n) is 2.29. The minimum absolute atomic E-state index is 0.0991. The number of sulfone groups is 1. The molecule has 1 saturated heterocycles. The molecule has 8 heteroatoms. The molecule has 3 N–H and O–H groups in total. The summed E-state index contributed by atoms with van der Waals surface area (Å²) >= 11 is 0. The molecular formula is C7H12N4O3S. The average molecular weight is 232 g/mol. The van der Waals surface area contributed by atoms with Gasteiger partial charge in [-0.2, -0.15) is 5.10 Å². The zero-order chi connectivity index (χ0) is 10.9. The minimum Gasteiger partial charge on any atom is -0.312 e. The molecule has 7 nitrogen and oxygen atoms in total. The number of rotatable bonds is 2. The predicted octanol–water partition coefficient (Wildman–Crippen LogP) is -1.97. The second-order valence-corrected chi connectivity index (χ2v) is 5.82. The van der Waals surface area contributed by atoms with E-state index in [0.29, 0.717) is 18.8 Å². The molecule has 2 heterocycles. The highest BCUT2D eigenvalue weighted by molar-refractivity contribution is 7.91. The van der Waals surface area contributed by atoms with Gasteiger partial charge in [-0.3, -0.25) is 4.98 Å². The summed E-state index contributed by atoms with van der Waals surface area (Å²) in [6.45, 7) is 0.460. The highest BCUT2D eigenvalue weighted by Crippen LogP contribution is 2.04. The van der Waals surface area contributed by atoms with Gasteiger partial charge in [0, 0.05) is 19.0 Å². The Kier molecular flexibility index (Phi) is 2.61. The lowest BCUT2D eigenvalue weighted by Crippen LogP contribution is -2.46. The molecule has 15 heavy (non-hydrogen) atoms. The van der Waals surface area contributed by atoms with Crippen molar-refractivity contribution < 1.29 is 8.42 Å². The van der Waals surface area contributed by atoms with Crippen molar-refractivity contribution in [3.8, 4) is 0 Å². The van der Waals surface area contributed by atoms with Crippen molar-refractivity contribution >= 4 is 9.84 Å². The standard InChI is InChI=1S/C7H12N4O3S/c12-7-9-6(10-11-7)3-5-4-15(13,14)2-1-8-5/h5,8H,1-4H2,(H2,9,10,11,12). The van der Waals surface area contributed by atoms with E-state index in [1.54, 1.807) is 0 Å². The van der Waals surface area contributed by atoms with Crippen LogP contribution in [0.15, 0.2) is 4.79 Å². The molecule has 0 spiro atoms. The molecule has 1 unspecified atom stereocenters. The first-order chi connectivity index (χ1) is 7.05. The van der Waals surface area contributed by atoms with Gasteiger partial charge in [0.05, 0.1) is 11.5 Å². The molecule has 0 aliphatic carbocycles. The van der Waals surface area contributed by atoms with Crippen molar-refractivity contribution in [3.05, 3.63) is 16.3 Å². The van der Waals surface area contributed by atoms with Gasteiger partial charge >= 0.3 is 5.69 Å². The van der Waals surface area contributed by atoms with E-state index in [2.05, 4.69) is 20.5 Å². The van der Waals surface area contributed by atoms with Crippen LogP contribution in [-0.4, -0.2) is 47.7 Å². The Hall–Kier alpha value is -1.15. The van der Waals surface area contributed by atoms with Crippen molar-refractivity contribution in [1.82, 2.24) is 20.5 Å². The van der Waals surface area contributed by atoms with E-state index in [-0.39, 0.29) is 23.2 Å². The first-order valence-electron chi connectivity index (χ1n) is 4.62. The topological polar surface area (TPSA) is 108 Å². The normalized spacial score (nSPS) is 25.2. The summed E-state index contributed by atoms with van der Waals surface area (Å²) in [6.07, 6.45) is 0.415. The second kappa shape index (κ2) is 3.78. The van der Waals surface area contributed by atoms with Crippen LogP contribution in [0.3, 0.4) is 0 Å². The Balaban J connectivity index is 2.04. The predicted molar refractivity (Wildman–Crippen MR) is 53.4 cm³/mol. The molecule has 1 aromatic heterocycles. The number of hydrogen-bond acceptors (Lipinski definition) is 5. The van der Waals surface area contributed by atoms with E-state index < -0.39 is 9.84 Å². The van der Waals surface area contributed by atoms with Crippen LogP contribution >= 0.6 is 0 Å². The fraction of sp³-hybridized carbons (Fsp3) is 0.714. The fourth-order valence-electron chi connectivity index (χ4n) is 1.63. The van der Waals surface area contributed by atoms with Crippen LogP contribution in [0, 0.1) is 0 Å². The second-order valence-electron chi connectivity index (χ2n) is 3.59. The van der Waals surface area contributed by atoms with Gasteiger partial charge < -0.3 is 5.32 Å². The Morgan fingerprint density at radius 2 is 2.27 bits per heavy atom. The van der Waals surface area contributed by atoms with Gasteiger partial charge in [-0.25, -0.2) is 18.3 Å². The largest absolute Gasteiger partial charge is 0.340 e. The van der Waals surface area contributed by atoms with Crippen molar-refractivity contribution in [1.29, 1.82) is 0 Å². The molecule has 0 bridgehead atoms. The third-order valence-corrected chi connectivity index (χ3v) is 4.03. The monoisotopic (exact) mass is 232 g/mol. The summed E-state index contributed by atoms with van der Waals surface area (Å²) in [5.41, 5.74) is -0.372. The molecule has 0 amide bonds. The lowest BCUT2D eigenvalue weighted by molar-refractivity contribution is 0.509. The SMILES string of the molecule is O=c1[nH]nc(CC2CS(=O)(=O)CCN2)[nH]1. The molecule has 0 aromatic carbocycles. The minimum atomic E-state index is -2.94. The number of hydrogen-bond donors (Lipinski definition) is 3. The molecule has 1 aliphatic heterocycles. The van der Waals surface area contributed by atoms with Crippen LogP contribution in [0.2, 0.25) is 0 Å². The van der Waals surface area contributed by atoms with Gasteiger partial charge in [0.15, 0.2) is 9.84 Å². The summed E-state index contributed by atoms with van der Waals surface area (Å²) in [6, 6.07) is -0.164. The van der Waals surface area contributed by atoms with E-state index in [1.165, 1.54) is 0 Å². The number of nitrogens with one attached hydrogen (secondary N) is 3. The highest BCUT2D eigenvalue weighted by Gasteiger charge is 2.24. The molecule has 1 atom stereocenters. The highest BCUT2D eigenvalue weighted by atomic mass is 32.2.